The minimum absolute atomic E-state index is 0. The number of aromatic nitrogens is 2. The predicted octanol–water partition coefficient (Wildman–Crippen LogP) is 11.9. The van der Waals surface area contributed by atoms with Crippen LogP contribution in [0.25, 0.3) is 55.6 Å². The molecule has 0 saturated carbocycles. The molecule has 0 aliphatic heterocycles. The molecule has 4 aromatic carbocycles. The molecule has 0 unspecified atom stereocenters. The van der Waals surface area contributed by atoms with Crippen molar-refractivity contribution in [1.82, 2.24) is 9.97 Å². The molecule has 0 atom stereocenters. The topological polar surface area (TPSA) is 38.9 Å². The van der Waals surface area contributed by atoms with Gasteiger partial charge in [-0.15, -0.1) is 54.1 Å². The molecule has 0 fully saturated rings. The van der Waals surface area contributed by atoms with Crippen LogP contribution in [0.15, 0.2) is 102 Å². The molecule has 3 heterocycles. The van der Waals surface area contributed by atoms with E-state index in [1.54, 1.807) is 6.07 Å². The number of halogens is 1. The molecule has 0 aliphatic carbocycles. The molecular formula is C45H45FIrN2OSi-2. The SMILES string of the molecule is CC(C)(C)Cc1cc(-c2[c-]cccc2)ncc1[Si](C)(C)C.Cc1cc(C)c(-c2cc(-c3[c-]ccc4c3oc3ccccc34)ncc2F)c(C)c1.[Ir]. The van der Waals surface area contributed by atoms with Crippen molar-refractivity contribution in [3.8, 4) is 33.6 Å². The molecule has 7 rings (SSSR count). The fourth-order valence-corrected chi connectivity index (χ4v) is 8.42. The number of hydrogen-bond donors (Lipinski definition) is 0. The van der Waals surface area contributed by atoms with Crippen LogP contribution in [0.1, 0.15) is 43.0 Å². The van der Waals surface area contributed by atoms with Crippen molar-refractivity contribution in [2.45, 2.75) is 67.6 Å². The Morgan fingerprint density at radius 3 is 2.12 bits per heavy atom. The first-order valence-electron chi connectivity index (χ1n) is 17.2. The van der Waals surface area contributed by atoms with Crippen LogP contribution < -0.4 is 5.19 Å². The van der Waals surface area contributed by atoms with Gasteiger partial charge in [-0.05, 0) is 71.9 Å². The van der Waals surface area contributed by atoms with Crippen molar-refractivity contribution in [3.63, 3.8) is 0 Å². The van der Waals surface area contributed by atoms with E-state index in [0.717, 1.165) is 61.9 Å². The first kappa shape index (κ1) is 38.0. The van der Waals surface area contributed by atoms with Gasteiger partial charge in [0, 0.05) is 37.3 Å². The van der Waals surface area contributed by atoms with Gasteiger partial charge in [0.05, 0.1) is 19.9 Å². The second-order valence-corrected chi connectivity index (χ2v) is 20.5. The van der Waals surface area contributed by atoms with Gasteiger partial charge in [0.1, 0.15) is 11.4 Å². The monoisotopic (exact) mass is 869 g/mol. The molecule has 3 nitrogen and oxygen atoms in total. The summed E-state index contributed by atoms with van der Waals surface area (Å²) in [5.74, 6) is -0.333. The van der Waals surface area contributed by atoms with E-state index in [-0.39, 0.29) is 31.3 Å². The van der Waals surface area contributed by atoms with Crippen molar-refractivity contribution < 1.29 is 28.9 Å². The average molecular weight is 869 g/mol. The first-order valence-corrected chi connectivity index (χ1v) is 20.7. The van der Waals surface area contributed by atoms with Gasteiger partial charge in [0.25, 0.3) is 0 Å². The molecule has 51 heavy (non-hydrogen) atoms. The van der Waals surface area contributed by atoms with Crippen LogP contribution in [0.5, 0.6) is 0 Å². The average Bonchev–Trinajstić information content (AvgIpc) is 3.44. The maximum Gasteiger partial charge on any atom is 0.147 e. The fourth-order valence-electron chi connectivity index (χ4n) is 6.84. The van der Waals surface area contributed by atoms with Crippen molar-refractivity contribution in [1.29, 1.82) is 0 Å². The molecule has 0 saturated heterocycles. The number of rotatable bonds is 5. The molecule has 0 amide bonds. The molecule has 0 N–H and O–H groups in total. The zero-order valence-corrected chi connectivity index (χ0v) is 34.4. The van der Waals surface area contributed by atoms with Crippen molar-refractivity contribution >= 4 is 35.2 Å². The number of aryl methyl sites for hydroxylation is 3. The molecule has 0 spiro atoms. The quantitative estimate of drug-likeness (QED) is 0.128. The van der Waals surface area contributed by atoms with Crippen LogP contribution >= 0.6 is 0 Å². The Balaban J connectivity index is 0.000000205. The van der Waals surface area contributed by atoms with Crippen LogP contribution in [0.4, 0.5) is 4.39 Å². The van der Waals surface area contributed by atoms with Gasteiger partial charge < -0.3 is 14.4 Å². The summed E-state index contributed by atoms with van der Waals surface area (Å²) in [7, 11) is -1.37. The summed E-state index contributed by atoms with van der Waals surface area (Å²) in [5.41, 5.74) is 11.5. The normalized spacial score (nSPS) is 11.6. The predicted molar refractivity (Wildman–Crippen MR) is 210 cm³/mol. The summed E-state index contributed by atoms with van der Waals surface area (Å²) in [5, 5.41) is 3.53. The number of fused-ring (bicyclic) bond motifs is 3. The summed E-state index contributed by atoms with van der Waals surface area (Å²) in [6.07, 6.45) is 4.50. The molecule has 0 bridgehead atoms. The Kier molecular flexibility index (Phi) is 11.3. The Morgan fingerprint density at radius 1 is 0.765 bits per heavy atom. The second kappa shape index (κ2) is 15.2. The zero-order chi connectivity index (χ0) is 35.8. The Morgan fingerprint density at radius 2 is 1.45 bits per heavy atom. The Bertz CT molecular complexity index is 2290. The number of para-hydroxylation sites is 1. The van der Waals surface area contributed by atoms with Gasteiger partial charge in [0.2, 0.25) is 0 Å². The first-order chi connectivity index (χ1) is 23.7. The number of nitrogens with zero attached hydrogens (tertiary/aromatic N) is 2. The van der Waals surface area contributed by atoms with E-state index in [4.69, 9.17) is 9.40 Å². The second-order valence-electron chi connectivity index (χ2n) is 15.5. The van der Waals surface area contributed by atoms with E-state index in [9.17, 15) is 4.39 Å². The zero-order valence-electron chi connectivity index (χ0n) is 31.0. The molecule has 263 valence electrons. The van der Waals surface area contributed by atoms with E-state index in [1.807, 2.05) is 68.4 Å². The Hall–Kier alpha value is -4.22. The van der Waals surface area contributed by atoms with Crippen molar-refractivity contribution in [2.75, 3.05) is 0 Å². The van der Waals surface area contributed by atoms with Gasteiger partial charge in [-0.25, -0.2) is 4.39 Å². The van der Waals surface area contributed by atoms with E-state index >= 15 is 0 Å². The number of hydrogen-bond acceptors (Lipinski definition) is 3. The van der Waals surface area contributed by atoms with Crippen LogP contribution in [-0.2, 0) is 26.5 Å². The molecule has 0 aliphatic rings. The van der Waals surface area contributed by atoms with Gasteiger partial charge in [0.15, 0.2) is 0 Å². The van der Waals surface area contributed by atoms with Crippen LogP contribution in [-0.4, -0.2) is 18.0 Å². The van der Waals surface area contributed by atoms with E-state index in [1.165, 1.54) is 22.5 Å². The summed E-state index contributed by atoms with van der Waals surface area (Å²) in [4.78, 5) is 9.08. The van der Waals surface area contributed by atoms with E-state index < -0.39 is 8.07 Å². The van der Waals surface area contributed by atoms with Crippen LogP contribution in [0.3, 0.4) is 0 Å². The third kappa shape index (κ3) is 8.47. The minimum atomic E-state index is -1.37. The van der Waals surface area contributed by atoms with Crippen molar-refractivity contribution in [3.05, 3.63) is 138 Å². The van der Waals surface area contributed by atoms with Gasteiger partial charge in [-0.2, -0.15) is 0 Å². The molecule has 6 heteroatoms. The summed E-state index contributed by atoms with van der Waals surface area (Å²) >= 11 is 0. The Labute approximate surface area is 316 Å². The number of benzene rings is 4. The maximum absolute atomic E-state index is 14.8. The third-order valence-electron chi connectivity index (χ3n) is 8.90. The van der Waals surface area contributed by atoms with Gasteiger partial charge >= 0.3 is 0 Å². The third-order valence-corrected chi connectivity index (χ3v) is 11.0. The number of furan rings is 1. The standard InChI is InChI=1S/C26H19FNO.C19H26NSi.Ir/c1-15-11-16(2)25(17(3)12-15)21-13-23(28-14-22(21)27)20-9-6-8-19-18-7-4-5-10-24(18)29-26(19)20;1-19(2,3)13-16-12-17(15-10-8-7-9-11-15)20-14-18(16)21(4,5)6;/h4-8,10-14H,1-3H3;7-10,12,14H,13H2,1-6H3;/q2*-1;. The van der Waals surface area contributed by atoms with Gasteiger partial charge in [-0.1, -0.05) is 105 Å². The molecule has 3 aromatic heterocycles. The summed E-state index contributed by atoms with van der Waals surface area (Å²) in [6.45, 7) is 20.2. The molecular weight excluding hydrogens is 824 g/mol. The van der Waals surface area contributed by atoms with Crippen molar-refractivity contribution in [2.24, 2.45) is 5.41 Å². The van der Waals surface area contributed by atoms with Crippen LogP contribution in [0, 0.1) is 44.1 Å². The largest absolute Gasteiger partial charge is 0.501 e. The van der Waals surface area contributed by atoms with Gasteiger partial charge in [-0.3, -0.25) is 0 Å². The fraction of sp³-hybridized carbons (Fsp3) is 0.244. The summed E-state index contributed by atoms with van der Waals surface area (Å²) in [6, 6.07) is 34.6. The summed E-state index contributed by atoms with van der Waals surface area (Å²) < 4.78 is 20.9. The maximum atomic E-state index is 14.8. The molecule has 7 aromatic rings. The number of pyridine rings is 2. The van der Waals surface area contributed by atoms with Crippen LogP contribution in [0.2, 0.25) is 19.6 Å². The van der Waals surface area contributed by atoms with E-state index in [0.29, 0.717) is 11.3 Å². The minimum Gasteiger partial charge on any atom is -0.501 e. The van der Waals surface area contributed by atoms with E-state index in [2.05, 4.69) is 94.9 Å². The smallest absolute Gasteiger partial charge is 0.147 e. The molecule has 1 radical (unpaired) electrons.